The highest BCUT2D eigenvalue weighted by Crippen LogP contribution is 2.29. The highest BCUT2D eigenvalue weighted by Gasteiger charge is 2.24. The third kappa shape index (κ3) is 3.48. The molecule has 1 fully saturated rings. The zero-order chi connectivity index (χ0) is 13.1. The van der Waals surface area contributed by atoms with Crippen molar-refractivity contribution in [2.24, 2.45) is 5.92 Å². The molecular formula is C14H20ClNOS. The summed E-state index contributed by atoms with van der Waals surface area (Å²) in [6.45, 7) is 2.25. The first-order valence-corrected chi connectivity index (χ1v) is 8.23. The van der Waals surface area contributed by atoms with Crippen LogP contribution in [0.25, 0.3) is 0 Å². The molecule has 4 heteroatoms. The summed E-state index contributed by atoms with van der Waals surface area (Å²) in [7, 11) is -0.837. The maximum atomic E-state index is 12.4. The molecule has 0 radical (unpaired) electrons. The largest absolute Gasteiger partial charge is 0.399 e. The second kappa shape index (κ2) is 6.07. The predicted molar refractivity (Wildman–Crippen MR) is 79.1 cm³/mol. The molecule has 2 N–H and O–H groups in total. The SMILES string of the molecule is CC1CCCC(S(=O)Cc2cc(N)ccc2Cl)C1. The van der Waals surface area contributed by atoms with E-state index < -0.39 is 10.8 Å². The normalized spacial score (nSPS) is 25.9. The Balaban J connectivity index is 2.04. The van der Waals surface area contributed by atoms with Gasteiger partial charge in [0.25, 0.3) is 0 Å². The predicted octanol–water partition coefficient (Wildman–Crippen LogP) is 3.75. The number of anilines is 1. The summed E-state index contributed by atoms with van der Waals surface area (Å²) in [6.07, 6.45) is 4.62. The van der Waals surface area contributed by atoms with E-state index in [2.05, 4.69) is 6.92 Å². The van der Waals surface area contributed by atoms with Crippen molar-refractivity contribution in [1.82, 2.24) is 0 Å². The number of benzene rings is 1. The van der Waals surface area contributed by atoms with Crippen LogP contribution in [0.15, 0.2) is 18.2 Å². The number of nitrogen functional groups attached to an aromatic ring is 1. The third-order valence-corrected chi connectivity index (χ3v) is 5.76. The van der Waals surface area contributed by atoms with E-state index in [1.807, 2.05) is 6.07 Å². The van der Waals surface area contributed by atoms with Crippen molar-refractivity contribution >= 4 is 28.1 Å². The number of hydrogen-bond acceptors (Lipinski definition) is 2. The third-order valence-electron chi connectivity index (χ3n) is 3.63. The van der Waals surface area contributed by atoms with Crippen LogP contribution in [0.4, 0.5) is 5.69 Å². The second-order valence-electron chi connectivity index (χ2n) is 5.27. The van der Waals surface area contributed by atoms with E-state index in [4.69, 9.17) is 17.3 Å². The van der Waals surface area contributed by atoms with Gasteiger partial charge in [-0.3, -0.25) is 4.21 Å². The summed E-state index contributed by atoms with van der Waals surface area (Å²) >= 11 is 6.12. The van der Waals surface area contributed by atoms with E-state index >= 15 is 0 Å². The minimum absolute atomic E-state index is 0.325. The zero-order valence-electron chi connectivity index (χ0n) is 10.7. The van der Waals surface area contributed by atoms with Gasteiger partial charge in [-0.15, -0.1) is 0 Å². The van der Waals surface area contributed by atoms with E-state index in [0.29, 0.717) is 27.6 Å². The number of nitrogens with two attached hydrogens (primary N) is 1. The first-order valence-electron chi connectivity index (χ1n) is 6.47. The first-order chi connectivity index (χ1) is 8.56. The molecule has 1 aliphatic rings. The van der Waals surface area contributed by atoms with E-state index in [-0.39, 0.29) is 0 Å². The van der Waals surface area contributed by atoms with E-state index in [9.17, 15) is 4.21 Å². The number of halogens is 1. The highest BCUT2D eigenvalue weighted by molar-refractivity contribution is 7.84. The Morgan fingerprint density at radius 3 is 2.94 bits per heavy atom. The molecule has 0 bridgehead atoms. The van der Waals surface area contributed by atoms with Crippen molar-refractivity contribution in [3.8, 4) is 0 Å². The number of rotatable bonds is 3. The van der Waals surface area contributed by atoms with Crippen LogP contribution >= 0.6 is 11.6 Å². The van der Waals surface area contributed by atoms with Gasteiger partial charge in [0.05, 0.1) is 5.75 Å². The van der Waals surface area contributed by atoms with Crippen LogP contribution in [0, 0.1) is 5.92 Å². The molecule has 100 valence electrons. The molecule has 1 aromatic carbocycles. The maximum absolute atomic E-state index is 12.4. The van der Waals surface area contributed by atoms with Crippen LogP contribution < -0.4 is 5.73 Å². The lowest BCUT2D eigenvalue weighted by molar-refractivity contribution is 0.389. The van der Waals surface area contributed by atoms with Gasteiger partial charge in [0.1, 0.15) is 0 Å². The van der Waals surface area contributed by atoms with Crippen LogP contribution in [-0.2, 0) is 16.6 Å². The standard InChI is InChI=1S/C14H20ClNOS/c1-10-3-2-4-13(7-10)18(17)9-11-8-12(16)5-6-14(11)15/h5-6,8,10,13H,2-4,7,9,16H2,1H3. The van der Waals surface area contributed by atoms with Crippen molar-refractivity contribution < 1.29 is 4.21 Å². The Bertz CT molecular complexity index is 449. The van der Waals surface area contributed by atoms with Gasteiger partial charge in [0.15, 0.2) is 0 Å². The fraction of sp³-hybridized carbons (Fsp3) is 0.571. The van der Waals surface area contributed by atoms with Crippen molar-refractivity contribution in [3.63, 3.8) is 0 Å². The molecule has 1 saturated carbocycles. The van der Waals surface area contributed by atoms with Gasteiger partial charge in [-0.05, 0) is 42.5 Å². The lowest BCUT2D eigenvalue weighted by Gasteiger charge is -2.26. The van der Waals surface area contributed by atoms with E-state index in [1.54, 1.807) is 12.1 Å². The van der Waals surface area contributed by atoms with Crippen LogP contribution in [0.5, 0.6) is 0 Å². The zero-order valence-corrected chi connectivity index (χ0v) is 12.3. The van der Waals surface area contributed by atoms with E-state index in [1.165, 1.54) is 12.8 Å². The fourth-order valence-electron chi connectivity index (χ4n) is 2.59. The van der Waals surface area contributed by atoms with Crippen molar-refractivity contribution in [2.75, 3.05) is 5.73 Å². The lowest BCUT2D eigenvalue weighted by atomic mass is 9.91. The van der Waals surface area contributed by atoms with Gasteiger partial charge in [0, 0.05) is 26.8 Å². The molecule has 0 spiro atoms. The molecular weight excluding hydrogens is 266 g/mol. The Hall–Kier alpha value is -0.540. The molecule has 0 heterocycles. The molecule has 1 aromatic rings. The number of hydrogen-bond donors (Lipinski definition) is 1. The molecule has 2 nitrogen and oxygen atoms in total. The van der Waals surface area contributed by atoms with Gasteiger partial charge in [-0.25, -0.2) is 0 Å². The van der Waals surface area contributed by atoms with Gasteiger partial charge in [-0.1, -0.05) is 31.4 Å². The minimum atomic E-state index is -0.837. The fourth-order valence-corrected chi connectivity index (χ4v) is 4.61. The maximum Gasteiger partial charge on any atom is 0.0503 e. The Morgan fingerprint density at radius 2 is 2.22 bits per heavy atom. The Labute approximate surface area is 116 Å². The lowest BCUT2D eigenvalue weighted by Crippen LogP contribution is -2.24. The van der Waals surface area contributed by atoms with Crippen LogP contribution in [0.2, 0.25) is 5.02 Å². The molecule has 3 unspecified atom stereocenters. The van der Waals surface area contributed by atoms with Gasteiger partial charge >= 0.3 is 0 Å². The van der Waals surface area contributed by atoms with Crippen LogP contribution in [-0.4, -0.2) is 9.46 Å². The molecule has 0 saturated heterocycles. The molecule has 0 amide bonds. The van der Waals surface area contributed by atoms with Crippen LogP contribution in [0.1, 0.15) is 38.2 Å². The average Bonchev–Trinajstić information content (AvgIpc) is 2.34. The summed E-state index contributed by atoms with van der Waals surface area (Å²) in [5.41, 5.74) is 7.34. The van der Waals surface area contributed by atoms with Crippen LogP contribution in [0.3, 0.4) is 0 Å². The molecule has 2 rings (SSSR count). The molecule has 0 aliphatic heterocycles. The minimum Gasteiger partial charge on any atom is -0.399 e. The summed E-state index contributed by atoms with van der Waals surface area (Å²) in [6, 6.07) is 5.40. The summed E-state index contributed by atoms with van der Waals surface area (Å²) in [5, 5.41) is 0.993. The topological polar surface area (TPSA) is 43.1 Å². The monoisotopic (exact) mass is 285 g/mol. The van der Waals surface area contributed by atoms with Crippen molar-refractivity contribution in [3.05, 3.63) is 28.8 Å². The molecule has 1 aliphatic carbocycles. The Kier molecular flexibility index (Phi) is 4.68. The van der Waals surface area contributed by atoms with Gasteiger partial charge < -0.3 is 5.73 Å². The summed E-state index contributed by atoms with van der Waals surface area (Å²) < 4.78 is 12.4. The summed E-state index contributed by atoms with van der Waals surface area (Å²) in [5.74, 6) is 1.23. The average molecular weight is 286 g/mol. The molecule has 18 heavy (non-hydrogen) atoms. The second-order valence-corrected chi connectivity index (χ2v) is 7.39. The summed E-state index contributed by atoms with van der Waals surface area (Å²) in [4.78, 5) is 0. The molecule has 0 aromatic heterocycles. The van der Waals surface area contributed by atoms with Gasteiger partial charge in [-0.2, -0.15) is 0 Å². The quantitative estimate of drug-likeness (QED) is 0.860. The first kappa shape index (κ1) is 13.9. The van der Waals surface area contributed by atoms with E-state index in [0.717, 1.165) is 18.4 Å². The van der Waals surface area contributed by atoms with Crippen molar-refractivity contribution in [1.29, 1.82) is 0 Å². The Morgan fingerprint density at radius 1 is 1.44 bits per heavy atom. The van der Waals surface area contributed by atoms with Gasteiger partial charge in [0.2, 0.25) is 0 Å². The smallest absolute Gasteiger partial charge is 0.0503 e. The highest BCUT2D eigenvalue weighted by atomic mass is 35.5. The van der Waals surface area contributed by atoms with Crippen molar-refractivity contribution in [2.45, 2.75) is 43.6 Å². The molecule has 3 atom stereocenters.